The lowest BCUT2D eigenvalue weighted by atomic mass is 10.2. The van der Waals surface area contributed by atoms with Crippen molar-refractivity contribution < 1.29 is 36.9 Å². The molecule has 1 N–H and O–H groups in total. The number of ether oxygens (including phenoxy) is 2. The number of rotatable bonds is 3. The molecule has 0 unspecified atom stereocenters. The summed E-state index contributed by atoms with van der Waals surface area (Å²) in [4.78, 5) is 14.5. The number of carbonyl (C=O) groups is 1. The van der Waals surface area contributed by atoms with Crippen LogP contribution in [-0.2, 0) is 11.4 Å². The summed E-state index contributed by atoms with van der Waals surface area (Å²) in [7, 11) is 0.948. The van der Waals surface area contributed by atoms with Gasteiger partial charge >= 0.3 is 12.3 Å². The zero-order chi connectivity index (χ0) is 13.9. The van der Waals surface area contributed by atoms with Crippen LogP contribution >= 0.6 is 0 Å². The van der Waals surface area contributed by atoms with Crippen LogP contribution in [0.3, 0.4) is 0 Å². The summed E-state index contributed by atoms with van der Waals surface area (Å²) in [5.74, 6) is -3.39. The van der Waals surface area contributed by atoms with Gasteiger partial charge in [-0.2, -0.15) is 0 Å². The fourth-order valence-corrected chi connectivity index (χ4v) is 1.15. The second-order valence-corrected chi connectivity index (χ2v) is 2.97. The average molecular weight is 269 g/mol. The molecule has 0 saturated carbocycles. The van der Waals surface area contributed by atoms with E-state index < -0.39 is 41.8 Å². The quantitative estimate of drug-likeness (QED) is 0.670. The third kappa shape index (κ3) is 2.99. The molecule has 0 aliphatic heterocycles. The van der Waals surface area contributed by atoms with Gasteiger partial charge in [0.1, 0.15) is 6.67 Å². The molecular formula is C9H7F4NO4. The number of carbonyl (C=O) groups excluding carboxylic acids is 1. The minimum atomic E-state index is -5.14. The molecular weight excluding hydrogens is 262 g/mol. The fraction of sp³-hybridized carbons (Fsp3) is 0.333. The summed E-state index contributed by atoms with van der Waals surface area (Å²) < 4.78 is 56.5. The van der Waals surface area contributed by atoms with Crippen LogP contribution in [0.15, 0.2) is 6.20 Å². The van der Waals surface area contributed by atoms with Crippen LogP contribution in [0.2, 0.25) is 0 Å². The first-order valence-corrected chi connectivity index (χ1v) is 4.41. The van der Waals surface area contributed by atoms with E-state index >= 15 is 0 Å². The molecule has 0 radical (unpaired) electrons. The molecule has 18 heavy (non-hydrogen) atoms. The van der Waals surface area contributed by atoms with Crippen LogP contribution in [-0.4, -0.2) is 29.5 Å². The normalized spacial score (nSPS) is 11.2. The van der Waals surface area contributed by atoms with Crippen LogP contribution in [0.25, 0.3) is 0 Å². The van der Waals surface area contributed by atoms with E-state index in [4.69, 9.17) is 5.11 Å². The molecule has 0 spiro atoms. The molecule has 0 saturated heterocycles. The van der Waals surface area contributed by atoms with Gasteiger partial charge in [0.15, 0.2) is 17.2 Å². The first-order valence-electron chi connectivity index (χ1n) is 4.41. The van der Waals surface area contributed by atoms with E-state index in [9.17, 15) is 22.4 Å². The van der Waals surface area contributed by atoms with Gasteiger partial charge in [0.2, 0.25) is 0 Å². The molecule has 0 amide bonds. The van der Waals surface area contributed by atoms with E-state index in [-0.39, 0.29) is 0 Å². The van der Waals surface area contributed by atoms with Gasteiger partial charge < -0.3 is 14.6 Å². The van der Waals surface area contributed by atoms with Gasteiger partial charge in [0, 0.05) is 0 Å². The highest BCUT2D eigenvalue weighted by molar-refractivity contribution is 5.89. The van der Waals surface area contributed by atoms with Gasteiger partial charge in [-0.1, -0.05) is 0 Å². The Hall–Kier alpha value is -2.06. The topological polar surface area (TPSA) is 68.7 Å². The molecule has 0 fully saturated rings. The lowest BCUT2D eigenvalue weighted by molar-refractivity contribution is -0.275. The lowest BCUT2D eigenvalue weighted by Crippen LogP contribution is -2.19. The SMILES string of the molecule is COC(=O)c1ncc(O)c(OC(F)(F)F)c1CF. The summed E-state index contributed by atoms with van der Waals surface area (Å²) >= 11 is 0. The second kappa shape index (κ2) is 5.07. The highest BCUT2D eigenvalue weighted by atomic mass is 19.4. The van der Waals surface area contributed by atoms with Crippen molar-refractivity contribution in [3.05, 3.63) is 17.5 Å². The van der Waals surface area contributed by atoms with Crippen LogP contribution in [0.4, 0.5) is 17.6 Å². The first-order chi connectivity index (χ1) is 8.30. The molecule has 0 aliphatic rings. The fourth-order valence-electron chi connectivity index (χ4n) is 1.15. The van der Waals surface area contributed by atoms with E-state index in [0.29, 0.717) is 6.20 Å². The molecule has 0 atom stereocenters. The second-order valence-electron chi connectivity index (χ2n) is 2.97. The lowest BCUT2D eigenvalue weighted by Gasteiger charge is -2.14. The standard InChI is InChI=1S/C9H7F4NO4/c1-17-8(16)6-4(2-10)7(5(15)3-14-6)18-9(11,12)13/h3,15H,2H2,1H3. The van der Waals surface area contributed by atoms with Gasteiger partial charge in [-0.15, -0.1) is 13.2 Å². The third-order valence-corrected chi connectivity index (χ3v) is 1.84. The molecule has 9 heteroatoms. The minimum Gasteiger partial charge on any atom is -0.503 e. The summed E-state index contributed by atoms with van der Waals surface area (Å²) in [6.45, 7) is -1.49. The Kier molecular flexibility index (Phi) is 3.94. The number of esters is 1. The smallest absolute Gasteiger partial charge is 0.503 e. The maximum atomic E-state index is 12.7. The zero-order valence-electron chi connectivity index (χ0n) is 8.92. The zero-order valence-corrected chi connectivity index (χ0v) is 8.92. The highest BCUT2D eigenvalue weighted by Gasteiger charge is 2.35. The number of hydrogen-bond donors (Lipinski definition) is 1. The molecule has 1 aromatic heterocycles. The van der Waals surface area contributed by atoms with Crippen molar-refractivity contribution in [1.82, 2.24) is 4.98 Å². The predicted octanol–water partition coefficient (Wildman–Crippen LogP) is 1.94. The van der Waals surface area contributed by atoms with Crippen molar-refractivity contribution in [3.8, 4) is 11.5 Å². The van der Waals surface area contributed by atoms with Crippen molar-refractivity contribution in [3.63, 3.8) is 0 Å². The van der Waals surface area contributed by atoms with Crippen LogP contribution in [0, 0.1) is 0 Å². The van der Waals surface area contributed by atoms with Gasteiger partial charge in [0.05, 0.1) is 18.9 Å². The van der Waals surface area contributed by atoms with E-state index in [1.807, 2.05) is 0 Å². The van der Waals surface area contributed by atoms with Crippen LogP contribution < -0.4 is 4.74 Å². The molecule has 100 valence electrons. The van der Waals surface area contributed by atoms with Crippen molar-refractivity contribution in [2.24, 2.45) is 0 Å². The Morgan fingerprint density at radius 2 is 2.11 bits per heavy atom. The number of alkyl halides is 4. The molecule has 5 nitrogen and oxygen atoms in total. The summed E-state index contributed by atoms with van der Waals surface area (Å²) in [6.07, 6.45) is -4.61. The Bertz CT molecular complexity index is 461. The molecule has 1 aromatic rings. The van der Waals surface area contributed by atoms with E-state index in [1.165, 1.54) is 0 Å². The first kappa shape index (κ1) is 14.0. The Morgan fingerprint density at radius 3 is 2.56 bits per heavy atom. The van der Waals surface area contributed by atoms with Crippen LogP contribution in [0.1, 0.15) is 16.1 Å². The highest BCUT2D eigenvalue weighted by Crippen LogP contribution is 2.36. The molecule has 0 bridgehead atoms. The maximum absolute atomic E-state index is 12.7. The van der Waals surface area contributed by atoms with Crippen molar-refractivity contribution in [2.45, 2.75) is 13.0 Å². The number of pyridine rings is 1. The van der Waals surface area contributed by atoms with Gasteiger partial charge in [-0.25, -0.2) is 14.2 Å². The summed E-state index contributed by atoms with van der Waals surface area (Å²) in [6, 6.07) is 0. The average Bonchev–Trinajstić information content (AvgIpc) is 2.29. The largest absolute Gasteiger partial charge is 0.573 e. The van der Waals surface area contributed by atoms with E-state index in [2.05, 4.69) is 14.5 Å². The molecule has 1 heterocycles. The third-order valence-electron chi connectivity index (χ3n) is 1.84. The molecule has 0 aromatic carbocycles. The number of methoxy groups -OCH3 is 1. The van der Waals surface area contributed by atoms with Crippen molar-refractivity contribution in [1.29, 1.82) is 0 Å². The van der Waals surface area contributed by atoms with E-state index in [1.54, 1.807) is 0 Å². The van der Waals surface area contributed by atoms with Gasteiger partial charge in [-0.3, -0.25) is 0 Å². The number of aromatic hydroxyl groups is 1. The summed E-state index contributed by atoms with van der Waals surface area (Å²) in [5.41, 5.74) is -1.53. The Balaban J connectivity index is 3.35. The predicted molar refractivity (Wildman–Crippen MR) is 48.7 cm³/mol. The van der Waals surface area contributed by atoms with Crippen LogP contribution in [0.5, 0.6) is 11.5 Å². The summed E-state index contributed by atoms with van der Waals surface area (Å²) in [5, 5.41) is 9.16. The Morgan fingerprint density at radius 1 is 1.50 bits per heavy atom. The van der Waals surface area contributed by atoms with Gasteiger partial charge in [-0.05, 0) is 0 Å². The minimum absolute atomic E-state index is 0.534. The van der Waals surface area contributed by atoms with Gasteiger partial charge in [0.25, 0.3) is 0 Å². The van der Waals surface area contributed by atoms with E-state index in [0.717, 1.165) is 7.11 Å². The number of aromatic nitrogens is 1. The Labute approximate surface area is 98.0 Å². The van der Waals surface area contributed by atoms with Crippen molar-refractivity contribution >= 4 is 5.97 Å². The molecule has 1 rings (SSSR count). The number of hydrogen-bond acceptors (Lipinski definition) is 5. The molecule has 0 aliphatic carbocycles. The number of halogens is 4. The van der Waals surface area contributed by atoms with Crippen molar-refractivity contribution in [2.75, 3.05) is 7.11 Å². The maximum Gasteiger partial charge on any atom is 0.573 e. The monoisotopic (exact) mass is 269 g/mol. The number of nitrogens with zero attached hydrogens (tertiary/aromatic N) is 1.